The second-order valence-corrected chi connectivity index (χ2v) is 7.34. The maximum Gasteiger partial charge on any atom is 0.254 e. The molecule has 0 aliphatic carbocycles. The second kappa shape index (κ2) is 9.54. The van der Waals surface area contributed by atoms with Crippen LogP contribution in [0.25, 0.3) is 0 Å². The zero-order valence-corrected chi connectivity index (χ0v) is 17.0. The van der Waals surface area contributed by atoms with E-state index in [0.29, 0.717) is 56.6 Å². The molecule has 5 nitrogen and oxygen atoms in total. The van der Waals surface area contributed by atoms with E-state index < -0.39 is 0 Å². The average molecular weight is 398 g/mol. The lowest BCUT2D eigenvalue weighted by Gasteiger charge is -2.22. The molecule has 1 heterocycles. The molecule has 1 saturated heterocycles. The molecule has 1 aliphatic rings. The fourth-order valence-electron chi connectivity index (χ4n) is 3.48. The van der Waals surface area contributed by atoms with Gasteiger partial charge in [0.1, 0.15) is 11.6 Å². The highest BCUT2D eigenvalue weighted by Gasteiger charge is 2.23. The molecule has 1 fully saturated rings. The summed E-state index contributed by atoms with van der Waals surface area (Å²) in [5.41, 5.74) is 1.96. The maximum absolute atomic E-state index is 13.8. The fraction of sp³-hybridized carbons (Fsp3) is 0.391. The minimum absolute atomic E-state index is 0.0940. The Kier molecular flexibility index (Phi) is 6.86. The number of carbonyl (C=O) groups is 2. The van der Waals surface area contributed by atoms with Crippen LogP contribution in [0.5, 0.6) is 5.75 Å². The minimum Gasteiger partial charge on any atom is -0.497 e. The van der Waals surface area contributed by atoms with Crippen LogP contribution in [0, 0.1) is 12.7 Å². The van der Waals surface area contributed by atoms with E-state index >= 15 is 0 Å². The summed E-state index contributed by atoms with van der Waals surface area (Å²) < 4.78 is 18.9. The topological polar surface area (TPSA) is 49.9 Å². The Morgan fingerprint density at radius 3 is 2.38 bits per heavy atom. The van der Waals surface area contributed by atoms with E-state index in [1.807, 2.05) is 29.2 Å². The summed E-state index contributed by atoms with van der Waals surface area (Å²) in [7, 11) is 1.63. The maximum atomic E-state index is 13.8. The number of rotatable bonds is 5. The Hall–Kier alpha value is -2.89. The zero-order valence-electron chi connectivity index (χ0n) is 17.0. The number of benzene rings is 2. The zero-order chi connectivity index (χ0) is 20.8. The molecule has 0 aromatic heterocycles. The lowest BCUT2D eigenvalue weighted by molar-refractivity contribution is -0.131. The molecule has 6 heteroatoms. The SMILES string of the molecule is COc1ccc(CCC(=O)N2CCCN(C(=O)c3ccc(C)c(F)c3)CC2)cc1. The molecule has 29 heavy (non-hydrogen) atoms. The van der Waals surface area contributed by atoms with Crippen LogP contribution in [0.3, 0.4) is 0 Å². The number of carbonyl (C=O) groups excluding carboxylic acids is 2. The van der Waals surface area contributed by atoms with Crippen molar-refractivity contribution in [3.8, 4) is 5.75 Å². The normalized spacial score (nSPS) is 14.4. The largest absolute Gasteiger partial charge is 0.497 e. The number of ether oxygens (including phenoxy) is 1. The van der Waals surface area contributed by atoms with Crippen molar-refractivity contribution in [2.24, 2.45) is 0 Å². The number of methoxy groups -OCH3 is 1. The highest BCUT2D eigenvalue weighted by molar-refractivity contribution is 5.94. The molecule has 3 rings (SSSR count). The van der Waals surface area contributed by atoms with E-state index in [-0.39, 0.29) is 17.6 Å². The molecule has 2 aromatic rings. The first-order valence-electron chi connectivity index (χ1n) is 9.94. The van der Waals surface area contributed by atoms with Crippen molar-refractivity contribution in [1.82, 2.24) is 9.80 Å². The Balaban J connectivity index is 1.53. The molecule has 0 unspecified atom stereocenters. The van der Waals surface area contributed by atoms with E-state index in [2.05, 4.69) is 0 Å². The molecular weight excluding hydrogens is 371 g/mol. The van der Waals surface area contributed by atoms with Crippen molar-refractivity contribution in [3.05, 3.63) is 65.0 Å². The summed E-state index contributed by atoms with van der Waals surface area (Å²) in [6.07, 6.45) is 1.82. The van der Waals surface area contributed by atoms with Gasteiger partial charge in [0.2, 0.25) is 5.91 Å². The van der Waals surface area contributed by atoms with E-state index in [4.69, 9.17) is 4.74 Å². The summed E-state index contributed by atoms with van der Waals surface area (Å²) >= 11 is 0. The van der Waals surface area contributed by atoms with Gasteiger partial charge in [0, 0.05) is 38.2 Å². The number of aryl methyl sites for hydroxylation is 2. The van der Waals surface area contributed by atoms with Gasteiger partial charge in [-0.2, -0.15) is 0 Å². The Morgan fingerprint density at radius 1 is 1.00 bits per heavy atom. The number of amides is 2. The van der Waals surface area contributed by atoms with Crippen molar-refractivity contribution in [2.45, 2.75) is 26.2 Å². The number of hydrogen-bond acceptors (Lipinski definition) is 3. The van der Waals surface area contributed by atoms with E-state index in [9.17, 15) is 14.0 Å². The van der Waals surface area contributed by atoms with Crippen molar-refractivity contribution in [2.75, 3.05) is 33.3 Å². The van der Waals surface area contributed by atoms with Gasteiger partial charge in [-0.3, -0.25) is 9.59 Å². The quantitative estimate of drug-likeness (QED) is 0.775. The molecule has 154 valence electrons. The average Bonchev–Trinajstić information content (AvgIpc) is 3.00. The summed E-state index contributed by atoms with van der Waals surface area (Å²) in [5, 5.41) is 0. The molecule has 0 atom stereocenters. The lowest BCUT2D eigenvalue weighted by Crippen LogP contribution is -2.37. The van der Waals surface area contributed by atoms with Crippen LogP contribution < -0.4 is 4.74 Å². The van der Waals surface area contributed by atoms with Crippen LogP contribution in [-0.4, -0.2) is 54.9 Å². The van der Waals surface area contributed by atoms with Crippen LogP contribution in [0.2, 0.25) is 0 Å². The number of hydrogen-bond donors (Lipinski definition) is 0. The third-order valence-corrected chi connectivity index (χ3v) is 5.34. The van der Waals surface area contributed by atoms with Gasteiger partial charge in [-0.15, -0.1) is 0 Å². The summed E-state index contributed by atoms with van der Waals surface area (Å²) in [6, 6.07) is 12.3. The summed E-state index contributed by atoms with van der Waals surface area (Å²) in [4.78, 5) is 28.9. The van der Waals surface area contributed by atoms with Gasteiger partial charge in [-0.1, -0.05) is 18.2 Å². The Morgan fingerprint density at radius 2 is 1.69 bits per heavy atom. The first-order chi connectivity index (χ1) is 14.0. The molecule has 1 aliphatic heterocycles. The number of halogens is 1. The van der Waals surface area contributed by atoms with Gasteiger partial charge < -0.3 is 14.5 Å². The molecule has 2 amide bonds. The molecule has 0 N–H and O–H groups in total. The monoisotopic (exact) mass is 398 g/mol. The van der Waals surface area contributed by atoms with Gasteiger partial charge in [-0.25, -0.2) is 4.39 Å². The van der Waals surface area contributed by atoms with E-state index in [1.165, 1.54) is 6.07 Å². The van der Waals surface area contributed by atoms with Gasteiger partial charge in [0.25, 0.3) is 5.91 Å². The second-order valence-electron chi connectivity index (χ2n) is 7.34. The van der Waals surface area contributed by atoms with E-state index in [1.54, 1.807) is 31.1 Å². The van der Waals surface area contributed by atoms with Crippen LogP contribution in [0.4, 0.5) is 4.39 Å². The third kappa shape index (κ3) is 5.34. The fourth-order valence-corrected chi connectivity index (χ4v) is 3.48. The third-order valence-electron chi connectivity index (χ3n) is 5.34. The molecular formula is C23H27FN2O3. The van der Waals surface area contributed by atoms with Gasteiger partial charge in [-0.05, 0) is 55.2 Å². The van der Waals surface area contributed by atoms with Crippen LogP contribution in [0.15, 0.2) is 42.5 Å². The molecule has 0 radical (unpaired) electrons. The van der Waals surface area contributed by atoms with Crippen LogP contribution >= 0.6 is 0 Å². The van der Waals surface area contributed by atoms with Crippen molar-refractivity contribution in [1.29, 1.82) is 0 Å². The van der Waals surface area contributed by atoms with Crippen molar-refractivity contribution >= 4 is 11.8 Å². The Bertz CT molecular complexity index is 867. The van der Waals surface area contributed by atoms with Crippen LogP contribution in [-0.2, 0) is 11.2 Å². The first kappa shape index (κ1) is 20.8. The predicted octanol–water partition coefficient (Wildman–Crippen LogP) is 3.45. The predicted molar refractivity (Wildman–Crippen MR) is 110 cm³/mol. The van der Waals surface area contributed by atoms with E-state index in [0.717, 1.165) is 11.3 Å². The van der Waals surface area contributed by atoms with Gasteiger partial charge in [0.15, 0.2) is 0 Å². The standard InChI is InChI=1S/C23H27FN2O3/c1-17-4-8-19(16-21(17)24)23(28)26-13-3-12-25(14-15-26)22(27)11-7-18-5-9-20(29-2)10-6-18/h4-6,8-10,16H,3,7,11-15H2,1-2H3. The van der Waals surface area contributed by atoms with Crippen molar-refractivity contribution in [3.63, 3.8) is 0 Å². The lowest BCUT2D eigenvalue weighted by atomic mass is 10.1. The summed E-state index contributed by atoms with van der Waals surface area (Å²) in [6.45, 7) is 3.83. The summed E-state index contributed by atoms with van der Waals surface area (Å²) in [5.74, 6) is 0.333. The molecule has 2 aromatic carbocycles. The van der Waals surface area contributed by atoms with Gasteiger partial charge >= 0.3 is 0 Å². The van der Waals surface area contributed by atoms with Gasteiger partial charge in [0.05, 0.1) is 7.11 Å². The van der Waals surface area contributed by atoms with Crippen LogP contribution in [0.1, 0.15) is 34.3 Å². The Labute approximate surface area is 171 Å². The molecule has 0 bridgehead atoms. The molecule has 0 saturated carbocycles. The first-order valence-corrected chi connectivity index (χ1v) is 9.94. The smallest absolute Gasteiger partial charge is 0.254 e. The number of nitrogens with zero attached hydrogens (tertiary/aromatic N) is 2. The highest BCUT2D eigenvalue weighted by atomic mass is 19.1. The molecule has 0 spiro atoms. The highest BCUT2D eigenvalue weighted by Crippen LogP contribution is 2.15. The van der Waals surface area contributed by atoms with Crippen molar-refractivity contribution < 1.29 is 18.7 Å². The minimum atomic E-state index is -0.374.